The Morgan fingerprint density at radius 2 is 1.87 bits per heavy atom. The Kier molecular flexibility index (Phi) is 6.35. The largest absolute Gasteiger partial charge is 0.490 e. The van der Waals surface area contributed by atoms with Crippen molar-refractivity contribution in [3.8, 4) is 11.5 Å². The van der Waals surface area contributed by atoms with Crippen molar-refractivity contribution < 1.29 is 24.2 Å². The first-order valence-electron chi connectivity index (χ1n) is 9.40. The van der Waals surface area contributed by atoms with Gasteiger partial charge < -0.3 is 19.9 Å². The van der Waals surface area contributed by atoms with Crippen molar-refractivity contribution in [2.24, 2.45) is 7.05 Å². The van der Waals surface area contributed by atoms with E-state index in [0.717, 1.165) is 5.56 Å². The van der Waals surface area contributed by atoms with Crippen LogP contribution in [-0.4, -0.2) is 49.8 Å². The van der Waals surface area contributed by atoms with E-state index in [4.69, 9.17) is 9.47 Å². The standard InChI is InChI=1S/C20H23N5O5/c1-4-29-16-7-6-13(8-17(16)30-5-2)10-25-11-14(9-21-25)22-19(26)18-15(20(27)28)12-24(3)23-18/h6-9,11-12H,4-5,10H2,1-3H3,(H,22,26)(H,27,28). The van der Waals surface area contributed by atoms with Crippen molar-refractivity contribution in [1.82, 2.24) is 19.6 Å². The molecule has 10 nitrogen and oxygen atoms in total. The molecule has 0 bridgehead atoms. The number of anilines is 1. The number of aryl methyl sites for hydroxylation is 1. The van der Waals surface area contributed by atoms with Gasteiger partial charge >= 0.3 is 5.97 Å². The second-order valence-electron chi connectivity index (χ2n) is 6.40. The molecule has 3 rings (SSSR count). The highest BCUT2D eigenvalue weighted by atomic mass is 16.5. The quantitative estimate of drug-likeness (QED) is 0.553. The van der Waals surface area contributed by atoms with Gasteiger partial charge in [-0.1, -0.05) is 6.07 Å². The lowest BCUT2D eigenvalue weighted by molar-refractivity contribution is 0.0692. The van der Waals surface area contributed by atoms with E-state index in [2.05, 4.69) is 15.5 Å². The Labute approximate surface area is 173 Å². The summed E-state index contributed by atoms with van der Waals surface area (Å²) in [5, 5.41) is 20.0. The molecule has 0 saturated carbocycles. The molecule has 30 heavy (non-hydrogen) atoms. The van der Waals surface area contributed by atoms with Crippen molar-refractivity contribution in [3.63, 3.8) is 0 Å². The highest BCUT2D eigenvalue weighted by molar-refractivity contribution is 6.09. The highest BCUT2D eigenvalue weighted by Crippen LogP contribution is 2.29. The smallest absolute Gasteiger partial charge is 0.339 e. The Morgan fingerprint density at radius 1 is 1.13 bits per heavy atom. The van der Waals surface area contributed by atoms with Crippen molar-refractivity contribution in [3.05, 3.63) is 53.6 Å². The zero-order valence-electron chi connectivity index (χ0n) is 17.0. The number of benzene rings is 1. The predicted molar refractivity (Wildman–Crippen MR) is 108 cm³/mol. The van der Waals surface area contributed by atoms with Crippen LogP contribution < -0.4 is 14.8 Å². The van der Waals surface area contributed by atoms with Crippen LogP contribution in [0.3, 0.4) is 0 Å². The van der Waals surface area contributed by atoms with Gasteiger partial charge in [0.05, 0.1) is 31.6 Å². The number of aromatic nitrogens is 4. The number of nitrogens with zero attached hydrogens (tertiary/aromatic N) is 4. The molecule has 10 heteroatoms. The van der Waals surface area contributed by atoms with E-state index in [1.165, 1.54) is 17.1 Å². The fourth-order valence-corrected chi connectivity index (χ4v) is 2.90. The number of nitrogens with one attached hydrogen (secondary N) is 1. The van der Waals surface area contributed by atoms with Crippen molar-refractivity contribution >= 4 is 17.6 Å². The second-order valence-corrected chi connectivity index (χ2v) is 6.40. The van der Waals surface area contributed by atoms with Gasteiger partial charge in [0, 0.05) is 19.4 Å². The van der Waals surface area contributed by atoms with Crippen LogP contribution in [0.1, 0.15) is 40.3 Å². The molecule has 0 atom stereocenters. The molecule has 0 aliphatic carbocycles. The summed E-state index contributed by atoms with van der Waals surface area (Å²) in [5.74, 6) is -0.494. The molecule has 0 saturated heterocycles. The molecule has 2 heterocycles. The zero-order valence-corrected chi connectivity index (χ0v) is 17.0. The SMILES string of the molecule is CCOc1ccc(Cn2cc(NC(=O)c3nn(C)cc3C(=O)O)cn2)cc1OCC. The highest BCUT2D eigenvalue weighted by Gasteiger charge is 2.21. The third-order valence-electron chi connectivity index (χ3n) is 4.12. The Bertz CT molecular complexity index is 1060. The first kappa shape index (κ1) is 20.9. The summed E-state index contributed by atoms with van der Waals surface area (Å²) in [6.07, 6.45) is 4.42. The number of hydrogen-bond acceptors (Lipinski definition) is 6. The summed E-state index contributed by atoms with van der Waals surface area (Å²) in [7, 11) is 1.55. The normalized spacial score (nSPS) is 10.6. The van der Waals surface area contributed by atoms with E-state index in [1.54, 1.807) is 17.9 Å². The van der Waals surface area contributed by atoms with E-state index < -0.39 is 11.9 Å². The number of carbonyl (C=O) groups is 2. The Morgan fingerprint density at radius 3 is 2.57 bits per heavy atom. The van der Waals surface area contributed by atoms with E-state index in [-0.39, 0.29) is 11.3 Å². The van der Waals surface area contributed by atoms with Crippen molar-refractivity contribution in [2.45, 2.75) is 20.4 Å². The number of hydrogen-bond donors (Lipinski definition) is 2. The van der Waals surface area contributed by atoms with Crippen LogP contribution in [0.5, 0.6) is 11.5 Å². The van der Waals surface area contributed by atoms with Gasteiger partial charge in [0.15, 0.2) is 17.2 Å². The maximum absolute atomic E-state index is 12.4. The average molecular weight is 413 g/mol. The lowest BCUT2D eigenvalue weighted by Crippen LogP contribution is -2.16. The minimum Gasteiger partial charge on any atom is -0.490 e. The topological polar surface area (TPSA) is 121 Å². The summed E-state index contributed by atoms with van der Waals surface area (Å²) in [5.41, 5.74) is 1.05. The van der Waals surface area contributed by atoms with Gasteiger partial charge in [0.25, 0.3) is 5.91 Å². The molecule has 3 aromatic rings. The summed E-state index contributed by atoms with van der Waals surface area (Å²) in [4.78, 5) is 23.7. The zero-order chi connectivity index (χ0) is 21.7. The van der Waals surface area contributed by atoms with Crippen LogP contribution >= 0.6 is 0 Å². The first-order chi connectivity index (χ1) is 14.4. The molecule has 0 fully saturated rings. The molecular weight excluding hydrogens is 390 g/mol. The number of carboxylic acid groups (broad SMARTS) is 1. The second kappa shape index (κ2) is 9.12. The maximum Gasteiger partial charge on any atom is 0.339 e. The van der Waals surface area contributed by atoms with E-state index in [9.17, 15) is 14.7 Å². The third-order valence-corrected chi connectivity index (χ3v) is 4.12. The molecule has 0 aliphatic rings. The molecule has 158 valence electrons. The average Bonchev–Trinajstić information content (AvgIpc) is 3.30. The van der Waals surface area contributed by atoms with Crippen LogP contribution in [0, 0.1) is 0 Å². The number of carboxylic acids is 1. The number of amides is 1. The van der Waals surface area contributed by atoms with Crippen LogP contribution in [0.4, 0.5) is 5.69 Å². The maximum atomic E-state index is 12.4. The first-order valence-corrected chi connectivity index (χ1v) is 9.40. The molecule has 0 aliphatic heterocycles. The summed E-state index contributed by atoms with van der Waals surface area (Å²) >= 11 is 0. The van der Waals surface area contributed by atoms with E-state index in [1.807, 2.05) is 32.0 Å². The van der Waals surface area contributed by atoms with Crippen LogP contribution in [0.15, 0.2) is 36.8 Å². The number of aromatic carboxylic acids is 1. The number of ether oxygens (including phenoxy) is 2. The third kappa shape index (κ3) is 4.77. The summed E-state index contributed by atoms with van der Waals surface area (Å²) in [6.45, 7) is 5.33. The molecule has 2 aromatic heterocycles. The van der Waals surface area contributed by atoms with Gasteiger partial charge in [0.2, 0.25) is 0 Å². The van der Waals surface area contributed by atoms with E-state index >= 15 is 0 Å². The minimum atomic E-state index is -1.22. The lowest BCUT2D eigenvalue weighted by Gasteiger charge is -2.12. The van der Waals surface area contributed by atoms with Crippen LogP contribution in [0.25, 0.3) is 0 Å². The van der Waals surface area contributed by atoms with Gasteiger partial charge in [-0.25, -0.2) is 4.79 Å². The lowest BCUT2D eigenvalue weighted by atomic mass is 10.2. The summed E-state index contributed by atoms with van der Waals surface area (Å²) < 4.78 is 14.1. The molecule has 2 N–H and O–H groups in total. The van der Waals surface area contributed by atoms with Crippen molar-refractivity contribution in [1.29, 1.82) is 0 Å². The van der Waals surface area contributed by atoms with Gasteiger partial charge in [-0.2, -0.15) is 10.2 Å². The molecule has 1 aromatic carbocycles. The van der Waals surface area contributed by atoms with Crippen LogP contribution in [0.2, 0.25) is 0 Å². The monoisotopic (exact) mass is 413 g/mol. The Balaban J connectivity index is 1.72. The fourth-order valence-electron chi connectivity index (χ4n) is 2.90. The Hall–Kier alpha value is -3.82. The fraction of sp³-hybridized carbons (Fsp3) is 0.300. The molecular formula is C20H23N5O5. The minimum absolute atomic E-state index is 0.161. The van der Waals surface area contributed by atoms with Gasteiger partial charge in [-0.05, 0) is 31.5 Å². The van der Waals surface area contributed by atoms with Gasteiger partial charge in [-0.3, -0.25) is 14.2 Å². The van der Waals surface area contributed by atoms with Gasteiger partial charge in [0.1, 0.15) is 5.56 Å². The number of rotatable bonds is 9. The van der Waals surface area contributed by atoms with Gasteiger partial charge in [-0.15, -0.1) is 0 Å². The van der Waals surface area contributed by atoms with E-state index in [0.29, 0.717) is 36.9 Å². The predicted octanol–water partition coefficient (Wildman–Crippen LogP) is 2.41. The summed E-state index contributed by atoms with van der Waals surface area (Å²) in [6, 6.07) is 5.66. The molecule has 0 unspecified atom stereocenters. The van der Waals surface area contributed by atoms with Crippen molar-refractivity contribution in [2.75, 3.05) is 18.5 Å². The molecule has 0 spiro atoms. The molecule has 0 radical (unpaired) electrons. The molecule has 1 amide bonds. The van der Waals surface area contributed by atoms with Crippen LogP contribution in [-0.2, 0) is 13.6 Å². The number of carbonyl (C=O) groups excluding carboxylic acids is 1.